The summed E-state index contributed by atoms with van der Waals surface area (Å²) >= 11 is 0. The molecule has 0 radical (unpaired) electrons. The lowest BCUT2D eigenvalue weighted by atomic mass is 9.64. The molecule has 0 aromatic heterocycles. The fraction of sp³-hybridized carbons (Fsp3) is 1.00. The van der Waals surface area contributed by atoms with Gasteiger partial charge in [0.2, 0.25) is 0 Å². The lowest BCUT2D eigenvalue weighted by Crippen LogP contribution is -2.45. The highest BCUT2D eigenvalue weighted by atomic mass is 14.9. The lowest BCUT2D eigenvalue weighted by Gasteiger charge is -2.45. The summed E-state index contributed by atoms with van der Waals surface area (Å²) in [5.74, 6) is 0. The molecule has 1 saturated heterocycles. The van der Waals surface area contributed by atoms with Gasteiger partial charge in [0.05, 0.1) is 0 Å². The maximum absolute atomic E-state index is 3.48. The summed E-state index contributed by atoms with van der Waals surface area (Å²) < 4.78 is 0. The highest BCUT2D eigenvalue weighted by Crippen LogP contribution is 2.42. The van der Waals surface area contributed by atoms with Crippen LogP contribution in [0.1, 0.15) is 40.5 Å². The van der Waals surface area contributed by atoms with E-state index < -0.39 is 0 Å². The highest BCUT2D eigenvalue weighted by Gasteiger charge is 2.37. The van der Waals surface area contributed by atoms with Crippen LogP contribution in [0, 0.1) is 10.8 Å². The number of rotatable bonds is 0. The van der Waals surface area contributed by atoms with Crippen LogP contribution in [0.3, 0.4) is 0 Å². The summed E-state index contributed by atoms with van der Waals surface area (Å²) in [6, 6.07) is 0. The summed E-state index contributed by atoms with van der Waals surface area (Å²) in [6.45, 7) is 11.8. The maximum atomic E-state index is 3.48. The van der Waals surface area contributed by atoms with E-state index in [0.29, 0.717) is 10.8 Å². The van der Waals surface area contributed by atoms with Gasteiger partial charge in [-0.15, -0.1) is 0 Å². The number of piperidine rings is 1. The average molecular weight is 155 g/mol. The van der Waals surface area contributed by atoms with Crippen LogP contribution < -0.4 is 5.32 Å². The van der Waals surface area contributed by atoms with Crippen molar-refractivity contribution in [2.45, 2.75) is 40.5 Å². The first-order chi connectivity index (χ1) is 4.96. The van der Waals surface area contributed by atoms with E-state index >= 15 is 0 Å². The van der Waals surface area contributed by atoms with E-state index in [2.05, 4.69) is 33.0 Å². The SMILES string of the molecule is CC(C)(C)[C@]1(C)CCCNC1. The Hall–Kier alpha value is -0.0400. The molecule has 0 spiro atoms. The van der Waals surface area contributed by atoms with Crippen molar-refractivity contribution >= 4 is 0 Å². The zero-order valence-corrected chi connectivity index (χ0v) is 8.33. The summed E-state index contributed by atoms with van der Waals surface area (Å²) in [5.41, 5.74) is 0.950. The van der Waals surface area contributed by atoms with Gasteiger partial charge in [-0.2, -0.15) is 0 Å². The molecule has 1 heteroatoms. The topological polar surface area (TPSA) is 12.0 Å². The molecular weight excluding hydrogens is 134 g/mol. The average Bonchev–Trinajstić information content (AvgIpc) is 1.87. The van der Waals surface area contributed by atoms with Crippen molar-refractivity contribution in [3.8, 4) is 0 Å². The van der Waals surface area contributed by atoms with Crippen molar-refractivity contribution in [3.05, 3.63) is 0 Å². The Morgan fingerprint density at radius 3 is 2.18 bits per heavy atom. The molecule has 1 aliphatic rings. The fourth-order valence-corrected chi connectivity index (χ4v) is 1.70. The van der Waals surface area contributed by atoms with Crippen LogP contribution in [0.15, 0.2) is 0 Å². The Kier molecular flexibility index (Phi) is 2.29. The molecule has 1 rings (SSSR count). The molecule has 1 aliphatic heterocycles. The molecular formula is C10H21N. The molecule has 1 fully saturated rings. The third-order valence-corrected chi connectivity index (χ3v) is 3.41. The largest absolute Gasteiger partial charge is 0.316 e. The normalized spacial score (nSPS) is 33.8. The zero-order chi connectivity index (χ0) is 8.54. The molecule has 1 N–H and O–H groups in total. The molecule has 0 amide bonds. The molecule has 0 aliphatic carbocycles. The summed E-state index contributed by atoms with van der Waals surface area (Å²) in [7, 11) is 0. The van der Waals surface area contributed by atoms with Gasteiger partial charge in [-0.1, -0.05) is 27.7 Å². The van der Waals surface area contributed by atoms with Crippen LogP contribution in [-0.2, 0) is 0 Å². The van der Waals surface area contributed by atoms with Crippen molar-refractivity contribution in [3.63, 3.8) is 0 Å². The number of hydrogen-bond acceptors (Lipinski definition) is 1. The Morgan fingerprint density at radius 1 is 1.27 bits per heavy atom. The molecule has 11 heavy (non-hydrogen) atoms. The van der Waals surface area contributed by atoms with E-state index in [-0.39, 0.29) is 0 Å². The monoisotopic (exact) mass is 155 g/mol. The van der Waals surface area contributed by atoms with Crippen LogP contribution in [0.2, 0.25) is 0 Å². The maximum Gasteiger partial charge on any atom is 0.00102 e. The summed E-state index contributed by atoms with van der Waals surface area (Å²) in [5, 5.41) is 3.48. The first-order valence-electron chi connectivity index (χ1n) is 4.66. The third-order valence-electron chi connectivity index (χ3n) is 3.41. The van der Waals surface area contributed by atoms with E-state index in [1.54, 1.807) is 0 Å². The van der Waals surface area contributed by atoms with E-state index in [4.69, 9.17) is 0 Å². The van der Waals surface area contributed by atoms with Crippen LogP contribution in [0.5, 0.6) is 0 Å². The van der Waals surface area contributed by atoms with Gasteiger partial charge in [-0.05, 0) is 30.2 Å². The van der Waals surface area contributed by atoms with Crippen molar-refractivity contribution < 1.29 is 0 Å². The van der Waals surface area contributed by atoms with Gasteiger partial charge in [0, 0.05) is 6.54 Å². The van der Waals surface area contributed by atoms with Gasteiger partial charge < -0.3 is 5.32 Å². The van der Waals surface area contributed by atoms with Gasteiger partial charge in [0.1, 0.15) is 0 Å². The van der Waals surface area contributed by atoms with Crippen molar-refractivity contribution in [1.29, 1.82) is 0 Å². The van der Waals surface area contributed by atoms with Crippen LogP contribution in [0.25, 0.3) is 0 Å². The summed E-state index contributed by atoms with van der Waals surface area (Å²) in [6.07, 6.45) is 2.72. The van der Waals surface area contributed by atoms with Crippen molar-refractivity contribution in [1.82, 2.24) is 5.32 Å². The van der Waals surface area contributed by atoms with Crippen LogP contribution >= 0.6 is 0 Å². The van der Waals surface area contributed by atoms with Crippen LogP contribution in [0.4, 0.5) is 0 Å². The van der Waals surface area contributed by atoms with E-state index in [1.165, 1.54) is 25.9 Å². The van der Waals surface area contributed by atoms with Crippen LogP contribution in [-0.4, -0.2) is 13.1 Å². The third kappa shape index (κ3) is 1.76. The second-order valence-electron chi connectivity index (χ2n) is 5.09. The molecule has 66 valence electrons. The lowest BCUT2D eigenvalue weighted by molar-refractivity contribution is 0.0747. The zero-order valence-electron chi connectivity index (χ0n) is 8.33. The predicted octanol–water partition coefficient (Wildman–Crippen LogP) is 2.42. The summed E-state index contributed by atoms with van der Waals surface area (Å²) in [4.78, 5) is 0. The van der Waals surface area contributed by atoms with Gasteiger partial charge in [-0.25, -0.2) is 0 Å². The Labute approximate surface area is 70.6 Å². The minimum Gasteiger partial charge on any atom is -0.316 e. The van der Waals surface area contributed by atoms with Gasteiger partial charge in [-0.3, -0.25) is 0 Å². The highest BCUT2D eigenvalue weighted by molar-refractivity contribution is 4.90. The van der Waals surface area contributed by atoms with Gasteiger partial charge in [0.25, 0.3) is 0 Å². The minimum absolute atomic E-state index is 0.445. The Bertz CT molecular complexity index is 126. The number of hydrogen-bond donors (Lipinski definition) is 1. The van der Waals surface area contributed by atoms with Gasteiger partial charge in [0.15, 0.2) is 0 Å². The molecule has 0 bridgehead atoms. The molecule has 1 atom stereocenters. The molecule has 0 aromatic rings. The first-order valence-corrected chi connectivity index (χ1v) is 4.66. The number of nitrogens with one attached hydrogen (secondary N) is 1. The predicted molar refractivity (Wildman–Crippen MR) is 49.7 cm³/mol. The first kappa shape index (κ1) is 9.05. The fourth-order valence-electron chi connectivity index (χ4n) is 1.70. The minimum atomic E-state index is 0.445. The molecule has 0 saturated carbocycles. The van der Waals surface area contributed by atoms with E-state index in [9.17, 15) is 0 Å². The van der Waals surface area contributed by atoms with Crippen molar-refractivity contribution in [2.75, 3.05) is 13.1 Å². The van der Waals surface area contributed by atoms with E-state index in [1.807, 2.05) is 0 Å². The Balaban J connectivity index is 2.64. The molecule has 0 unspecified atom stereocenters. The quantitative estimate of drug-likeness (QED) is 0.566. The molecule has 0 aromatic carbocycles. The Morgan fingerprint density at radius 2 is 1.91 bits per heavy atom. The molecule has 1 nitrogen and oxygen atoms in total. The second-order valence-corrected chi connectivity index (χ2v) is 5.09. The standard InChI is InChI=1S/C10H21N/c1-9(2,3)10(4)6-5-7-11-8-10/h11H,5-8H2,1-4H3/t10-/m1/s1. The van der Waals surface area contributed by atoms with Crippen molar-refractivity contribution in [2.24, 2.45) is 10.8 Å². The van der Waals surface area contributed by atoms with Gasteiger partial charge >= 0.3 is 0 Å². The van der Waals surface area contributed by atoms with E-state index in [0.717, 1.165) is 0 Å². The molecule has 1 heterocycles. The smallest absolute Gasteiger partial charge is 0.00102 e. The second kappa shape index (κ2) is 2.78.